The SMILES string of the molecule is CC(C)(C(=O)NCc1ccccn1)C(=O)N1CCCCCC1. The number of hydrogen-bond donors (Lipinski definition) is 1. The third kappa shape index (κ3) is 4.06. The lowest BCUT2D eigenvalue weighted by molar-refractivity contribution is -0.148. The molecule has 0 unspecified atom stereocenters. The van der Waals surface area contributed by atoms with Gasteiger partial charge in [0.15, 0.2) is 0 Å². The summed E-state index contributed by atoms with van der Waals surface area (Å²) in [5.41, 5.74) is -0.257. The highest BCUT2D eigenvalue weighted by molar-refractivity contribution is 6.04. The molecule has 0 bridgehead atoms. The zero-order valence-electron chi connectivity index (χ0n) is 13.5. The molecule has 5 heteroatoms. The monoisotopic (exact) mass is 303 g/mol. The Labute approximate surface area is 132 Å². The van der Waals surface area contributed by atoms with Crippen molar-refractivity contribution in [1.82, 2.24) is 15.2 Å². The van der Waals surface area contributed by atoms with E-state index >= 15 is 0 Å². The van der Waals surface area contributed by atoms with Crippen LogP contribution in [0.25, 0.3) is 0 Å². The van der Waals surface area contributed by atoms with E-state index in [1.807, 2.05) is 23.1 Å². The van der Waals surface area contributed by atoms with Crippen LogP contribution in [0, 0.1) is 5.41 Å². The van der Waals surface area contributed by atoms with Gasteiger partial charge in [-0.3, -0.25) is 14.6 Å². The molecule has 2 rings (SSSR count). The number of nitrogens with one attached hydrogen (secondary N) is 1. The summed E-state index contributed by atoms with van der Waals surface area (Å²) in [6, 6.07) is 5.56. The summed E-state index contributed by atoms with van der Waals surface area (Å²) in [6.07, 6.45) is 6.07. The summed E-state index contributed by atoms with van der Waals surface area (Å²) in [7, 11) is 0. The Morgan fingerprint density at radius 2 is 1.86 bits per heavy atom. The molecule has 22 heavy (non-hydrogen) atoms. The minimum Gasteiger partial charge on any atom is -0.350 e. The lowest BCUT2D eigenvalue weighted by Crippen LogP contribution is -2.49. The van der Waals surface area contributed by atoms with E-state index in [1.54, 1.807) is 20.0 Å². The number of rotatable bonds is 4. The molecule has 1 N–H and O–H groups in total. The minimum atomic E-state index is -1.04. The van der Waals surface area contributed by atoms with Gasteiger partial charge >= 0.3 is 0 Å². The first kappa shape index (κ1) is 16.5. The highest BCUT2D eigenvalue weighted by Crippen LogP contribution is 2.22. The summed E-state index contributed by atoms with van der Waals surface area (Å²) in [5.74, 6) is -0.319. The molecular formula is C17H25N3O2. The van der Waals surface area contributed by atoms with Gasteiger partial charge in [-0.15, -0.1) is 0 Å². The van der Waals surface area contributed by atoms with Gasteiger partial charge in [0.25, 0.3) is 0 Å². The molecule has 2 heterocycles. The van der Waals surface area contributed by atoms with Crippen molar-refractivity contribution < 1.29 is 9.59 Å². The number of likely N-dealkylation sites (tertiary alicyclic amines) is 1. The molecule has 0 radical (unpaired) electrons. The number of hydrogen-bond acceptors (Lipinski definition) is 3. The molecule has 0 aromatic carbocycles. The summed E-state index contributed by atoms with van der Waals surface area (Å²) >= 11 is 0. The largest absolute Gasteiger partial charge is 0.350 e. The number of pyridine rings is 1. The maximum atomic E-state index is 12.7. The number of carbonyl (C=O) groups is 2. The zero-order chi connectivity index (χ0) is 16.0. The Morgan fingerprint density at radius 3 is 2.45 bits per heavy atom. The van der Waals surface area contributed by atoms with Crippen LogP contribution in [0.5, 0.6) is 0 Å². The molecule has 0 aliphatic carbocycles. The Balaban J connectivity index is 1.95. The third-order valence-corrected chi connectivity index (χ3v) is 4.15. The van der Waals surface area contributed by atoms with Crippen LogP contribution in [0.15, 0.2) is 24.4 Å². The maximum absolute atomic E-state index is 12.7. The van der Waals surface area contributed by atoms with E-state index in [0.717, 1.165) is 44.5 Å². The third-order valence-electron chi connectivity index (χ3n) is 4.15. The van der Waals surface area contributed by atoms with Crippen LogP contribution in [0.4, 0.5) is 0 Å². The van der Waals surface area contributed by atoms with E-state index in [4.69, 9.17) is 0 Å². The van der Waals surface area contributed by atoms with Crippen molar-refractivity contribution in [1.29, 1.82) is 0 Å². The van der Waals surface area contributed by atoms with Crippen LogP contribution in [-0.2, 0) is 16.1 Å². The molecule has 1 saturated heterocycles. The van der Waals surface area contributed by atoms with Gasteiger partial charge in [-0.05, 0) is 38.8 Å². The average molecular weight is 303 g/mol. The van der Waals surface area contributed by atoms with Crippen LogP contribution in [0.1, 0.15) is 45.2 Å². The summed E-state index contributed by atoms with van der Waals surface area (Å²) < 4.78 is 0. The Bertz CT molecular complexity index is 506. The quantitative estimate of drug-likeness (QED) is 0.867. The van der Waals surface area contributed by atoms with Crippen LogP contribution in [0.2, 0.25) is 0 Å². The van der Waals surface area contributed by atoms with Gasteiger partial charge in [-0.1, -0.05) is 18.9 Å². The first-order chi connectivity index (χ1) is 10.5. The second-order valence-electron chi connectivity index (χ2n) is 6.34. The van der Waals surface area contributed by atoms with Crippen molar-refractivity contribution in [3.8, 4) is 0 Å². The van der Waals surface area contributed by atoms with Gasteiger partial charge in [-0.25, -0.2) is 0 Å². The molecule has 1 aliphatic rings. The van der Waals surface area contributed by atoms with Crippen molar-refractivity contribution in [3.63, 3.8) is 0 Å². The molecule has 0 atom stereocenters. The first-order valence-corrected chi connectivity index (χ1v) is 7.99. The lowest BCUT2D eigenvalue weighted by Gasteiger charge is -2.30. The number of amides is 2. The molecule has 1 fully saturated rings. The van der Waals surface area contributed by atoms with Crippen molar-refractivity contribution in [2.75, 3.05) is 13.1 Å². The molecular weight excluding hydrogens is 278 g/mol. The molecule has 120 valence electrons. The Kier molecular flexibility index (Phi) is 5.52. The van der Waals surface area contributed by atoms with Crippen molar-refractivity contribution >= 4 is 11.8 Å². The Hall–Kier alpha value is -1.91. The minimum absolute atomic E-state index is 0.0760. The smallest absolute Gasteiger partial charge is 0.237 e. The van der Waals surface area contributed by atoms with Gasteiger partial charge < -0.3 is 10.2 Å². The van der Waals surface area contributed by atoms with Crippen LogP contribution in [-0.4, -0.2) is 34.8 Å². The normalized spacial score (nSPS) is 16.0. The van der Waals surface area contributed by atoms with Crippen molar-refractivity contribution in [2.24, 2.45) is 5.41 Å². The fourth-order valence-electron chi connectivity index (χ4n) is 2.66. The topological polar surface area (TPSA) is 62.3 Å². The van der Waals surface area contributed by atoms with E-state index in [2.05, 4.69) is 10.3 Å². The predicted octanol–water partition coefficient (Wildman–Crippen LogP) is 2.13. The average Bonchev–Trinajstić information content (AvgIpc) is 2.81. The number of aromatic nitrogens is 1. The van der Waals surface area contributed by atoms with Gasteiger partial charge in [0.1, 0.15) is 5.41 Å². The van der Waals surface area contributed by atoms with E-state index in [1.165, 1.54) is 0 Å². The van der Waals surface area contributed by atoms with Gasteiger partial charge in [0, 0.05) is 19.3 Å². The number of nitrogens with zero attached hydrogens (tertiary/aromatic N) is 2. The second-order valence-corrected chi connectivity index (χ2v) is 6.34. The molecule has 0 spiro atoms. The van der Waals surface area contributed by atoms with Gasteiger partial charge in [-0.2, -0.15) is 0 Å². The fraction of sp³-hybridized carbons (Fsp3) is 0.588. The van der Waals surface area contributed by atoms with E-state index < -0.39 is 5.41 Å². The molecule has 1 aromatic heterocycles. The predicted molar refractivity (Wildman–Crippen MR) is 84.9 cm³/mol. The van der Waals surface area contributed by atoms with Gasteiger partial charge in [0.2, 0.25) is 11.8 Å². The Morgan fingerprint density at radius 1 is 1.18 bits per heavy atom. The summed E-state index contributed by atoms with van der Waals surface area (Å²) in [4.78, 5) is 31.1. The lowest BCUT2D eigenvalue weighted by atomic mass is 9.90. The van der Waals surface area contributed by atoms with Crippen LogP contribution < -0.4 is 5.32 Å². The van der Waals surface area contributed by atoms with Gasteiger partial charge in [0.05, 0.1) is 12.2 Å². The standard InChI is InChI=1S/C17H25N3O2/c1-17(2,16(22)20-11-7-3-4-8-12-20)15(21)19-13-14-9-5-6-10-18-14/h5-6,9-10H,3-4,7-8,11-13H2,1-2H3,(H,19,21). The summed E-state index contributed by atoms with van der Waals surface area (Å²) in [6.45, 7) is 5.27. The van der Waals surface area contributed by atoms with Crippen molar-refractivity contribution in [2.45, 2.75) is 46.1 Å². The molecule has 5 nitrogen and oxygen atoms in total. The van der Waals surface area contributed by atoms with Crippen LogP contribution in [0.3, 0.4) is 0 Å². The van der Waals surface area contributed by atoms with E-state index in [9.17, 15) is 9.59 Å². The first-order valence-electron chi connectivity index (χ1n) is 7.99. The van der Waals surface area contributed by atoms with E-state index in [-0.39, 0.29) is 11.8 Å². The highest BCUT2D eigenvalue weighted by atomic mass is 16.2. The summed E-state index contributed by atoms with van der Waals surface area (Å²) in [5, 5.41) is 2.83. The molecule has 1 aliphatic heterocycles. The molecule has 2 amide bonds. The van der Waals surface area contributed by atoms with E-state index in [0.29, 0.717) is 6.54 Å². The second kappa shape index (κ2) is 7.38. The maximum Gasteiger partial charge on any atom is 0.237 e. The molecule has 1 aromatic rings. The van der Waals surface area contributed by atoms with Crippen molar-refractivity contribution in [3.05, 3.63) is 30.1 Å². The highest BCUT2D eigenvalue weighted by Gasteiger charge is 2.39. The zero-order valence-corrected chi connectivity index (χ0v) is 13.5. The number of carbonyl (C=O) groups excluding carboxylic acids is 2. The molecule has 0 saturated carbocycles. The fourth-order valence-corrected chi connectivity index (χ4v) is 2.66. The van der Waals surface area contributed by atoms with Crippen LogP contribution >= 0.6 is 0 Å².